The maximum atomic E-state index is 13.2. The highest BCUT2D eigenvalue weighted by molar-refractivity contribution is 7.13. The summed E-state index contributed by atoms with van der Waals surface area (Å²) in [7, 11) is 0. The van der Waals surface area contributed by atoms with Crippen molar-refractivity contribution >= 4 is 29.1 Å². The Kier molecular flexibility index (Phi) is 7.06. The fourth-order valence-corrected chi connectivity index (χ4v) is 5.15. The van der Waals surface area contributed by atoms with Crippen molar-refractivity contribution in [3.8, 4) is 10.4 Å². The molecule has 0 saturated carbocycles. The minimum Gasteiger partial charge on any atom is -0.391 e. The van der Waals surface area contributed by atoms with Crippen LogP contribution in [0.1, 0.15) is 24.6 Å². The van der Waals surface area contributed by atoms with Crippen LogP contribution in [0.5, 0.6) is 0 Å². The van der Waals surface area contributed by atoms with Gasteiger partial charge in [0.2, 0.25) is 17.7 Å². The van der Waals surface area contributed by atoms with E-state index in [1.54, 1.807) is 11.3 Å². The number of hydrogen-bond acceptors (Lipinski definition) is 7. The zero-order valence-electron chi connectivity index (χ0n) is 18.7. The number of aliphatic hydroxyl groups is 1. The molecule has 33 heavy (non-hydrogen) atoms. The van der Waals surface area contributed by atoms with Gasteiger partial charge < -0.3 is 25.0 Å². The SMILES string of the molecule is CC(=O)N1CCOC[C@H]1C(=O)N1C[C@H](O)C[C@H]1C(=O)NCc1ccc(-c2scnc2C)cc1. The van der Waals surface area contributed by atoms with Crippen molar-refractivity contribution in [2.75, 3.05) is 26.3 Å². The summed E-state index contributed by atoms with van der Waals surface area (Å²) in [6.07, 6.45) is -0.628. The predicted octanol–water partition coefficient (Wildman–Crippen LogP) is 0.944. The molecule has 2 saturated heterocycles. The lowest BCUT2D eigenvalue weighted by atomic mass is 10.1. The summed E-state index contributed by atoms with van der Waals surface area (Å²) in [4.78, 5) is 46.3. The van der Waals surface area contributed by atoms with Gasteiger partial charge in [-0.3, -0.25) is 14.4 Å². The van der Waals surface area contributed by atoms with Crippen LogP contribution in [-0.4, -0.2) is 82.1 Å². The highest BCUT2D eigenvalue weighted by Crippen LogP contribution is 2.27. The van der Waals surface area contributed by atoms with Gasteiger partial charge in [0, 0.05) is 33.0 Å². The molecule has 1 aromatic carbocycles. The van der Waals surface area contributed by atoms with Crippen LogP contribution in [0.4, 0.5) is 0 Å². The number of likely N-dealkylation sites (tertiary alicyclic amines) is 1. The molecule has 0 radical (unpaired) electrons. The molecule has 3 atom stereocenters. The molecule has 2 aromatic rings. The number of aryl methyl sites for hydroxylation is 1. The molecular weight excluding hydrogens is 444 g/mol. The third-order valence-corrected chi connectivity index (χ3v) is 7.09. The first-order valence-corrected chi connectivity index (χ1v) is 11.8. The number of aliphatic hydroxyl groups excluding tert-OH is 1. The average molecular weight is 473 g/mol. The number of ether oxygens (including phenoxy) is 1. The average Bonchev–Trinajstić information content (AvgIpc) is 3.42. The summed E-state index contributed by atoms with van der Waals surface area (Å²) in [5.41, 5.74) is 4.80. The number of hydrogen-bond donors (Lipinski definition) is 2. The van der Waals surface area contributed by atoms with Crippen molar-refractivity contribution in [3.05, 3.63) is 41.0 Å². The minimum atomic E-state index is -0.790. The highest BCUT2D eigenvalue weighted by atomic mass is 32.1. The van der Waals surface area contributed by atoms with Crippen LogP contribution in [0.3, 0.4) is 0 Å². The van der Waals surface area contributed by atoms with E-state index in [1.807, 2.05) is 36.7 Å². The Balaban J connectivity index is 1.40. The van der Waals surface area contributed by atoms with Crippen LogP contribution in [0.15, 0.2) is 29.8 Å². The molecule has 3 amide bonds. The van der Waals surface area contributed by atoms with Crippen LogP contribution in [0, 0.1) is 6.92 Å². The summed E-state index contributed by atoms with van der Waals surface area (Å²) < 4.78 is 5.41. The van der Waals surface area contributed by atoms with Gasteiger partial charge in [-0.05, 0) is 18.1 Å². The zero-order valence-corrected chi connectivity index (χ0v) is 19.5. The van der Waals surface area contributed by atoms with Gasteiger partial charge in [-0.1, -0.05) is 24.3 Å². The van der Waals surface area contributed by atoms with Gasteiger partial charge in [0.1, 0.15) is 12.1 Å². The lowest BCUT2D eigenvalue weighted by Crippen LogP contribution is -2.58. The third kappa shape index (κ3) is 5.07. The maximum absolute atomic E-state index is 13.2. The van der Waals surface area contributed by atoms with E-state index in [-0.39, 0.29) is 37.3 Å². The Bertz CT molecular complexity index is 1020. The Labute approximate surface area is 196 Å². The standard InChI is InChI=1S/C23H28N4O5S/c1-14-21(33-13-25-14)17-5-3-16(4-6-17)10-24-22(30)19-9-18(29)11-27(19)23(31)20-12-32-8-7-26(20)15(2)28/h3-6,13,18-20,29H,7-12H2,1-2H3,(H,24,30)/t18-,19+,20+/m1/s1. The van der Waals surface area contributed by atoms with Crippen LogP contribution in [-0.2, 0) is 25.7 Å². The number of morpholine rings is 1. The van der Waals surface area contributed by atoms with E-state index in [2.05, 4.69) is 10.3 Å². The van der Waals surface area contributed by atoms with E-state index in [0.717, 1.165) is 21.7 Å². The van der Waals surface area contributed by atoms with Crippen LogP contribution >= 0.6 is 11.3 Å². The number of carbonyl (C=O) groups excluding carboxylic acids is 3. The number of β-amino-alcohol motifs (C(OH)–C–C–N with tert-alkyl or cyclic N) is 1. The lowest BCUT2D eigenvalue weighted by Gasteiger charge is -2.37. The van der Waals surface area contributed by atoms with Crippen molar-refractivity contribution in [1.82, 2.24) is 20.1 Å². The van der Waals surface area contributed by atoms with Gasteiger partial charge in [0.05, 0.1) is 35.4 Å². The molecule has 2 aliphatic rings. The van der Waals surface area contributed by atoms with E-state index in [1.165, 1.54) is 16.7 Å². The van der Waals surface area contributed by atoms with E-state index < -0.39 is 18.2 Å². The van der Waals surface area contributed by atoms with Crippen molar-refractivity contribution < 1.29 is 24.2 Å². The number of carbonyl (C=O) groups is 3. The van der Waals surface area contributed by atoms with Crippen molar-refractivity contribution in [1.29, 1.82) is 0 Å². The summed E-state index contributed by atoms with van der Waals surface area (Å²) in [5.74, 6) is -0.909. The molecule has 176 valence electrons. The van der Waals surface area contributed by atoms with Gasteiger partial charge >= 0.3 is 0 Å². The number of rotatable bonds is 5. The molecule has 0 bridgehead atoms. The highest BCUT2D eigenvalue weighted by Gasteiger charge is 2.43. The largest absolute Gasteiger partial charge is 0.391 e. The van der Waals surface area contributed by atoms with Crippen LogP contribution in [0.2, 0.25) is 0 Å². The Morgan fingerprint density at radius 1 is 1.21 bits per heavy atom. The molecule has 2 aliphatic heterocycles. The topological polar surface area (TPSA) is 112 Å². The zero-order chi connectivity index (χ0) is 23.5. The summed E-state index contributed by atoms with van der Waals surface area (Å²) in [6.45, 7) is 4.54. The summed E-state index contributed by atoms with van der Waals surface area (Å²) in [5, 5.41) is 13.1. The second kappa shape index (κ2) is 9.98. The van der Waals surface area contributed by atoms with Crippen LogP contribution in [0.25, 0.3) is 10.4 Å². The van der Waals surface area contributed by atoms with Gasteiger partial charge in [-0.25, -0.2) is 4.98 Å². The lowest BCUT2D eigenvalue weighted by molar-refractivity contribution is -0.154. The van der Waals surface area contributed by atoms with E-state index >= 15 is 0 Å². The van der Waals surface area contributed by atoms with E-state index in [9.17, 15) is 19.5 Å². The number of nitrogens with zero attached hydrogens (tertiary/aromatic N) is 3. The summed E-state index contributed by atoms with van der Waals surface area (Å²) >= 11 is 1.58. The predicted molar refractivity (Wildman–Crippen MR) is 122 cm³/mol. The Morgan fingerprint density at radius 3 is 2.64 bits per heavy atom. The first-order chi connectivity index (χ1) is 15.8. The molecule has 2 fully saturated rings. The minimum absolute atomic E-state index is 0.0576. The van der Waals surface area contributed by atoms with E-state index in [0.29, 0.717) is 19.7 Å². The molecular formula is C23H28N4O5S. The molecule has 0 spiro atoms. The quantitative estimate of drug-likeness (QED) is 0.670. The first-order valence-electron chi connectivity index (χ1n) is 11.0. The van der Waals surface area contributed by atoms with Gasteiger partial charge in [-0.15, -0.1) is 11.3 Å². The van der Waals surface area contributed by atoms with Gasteiger partial charge in [-0.2, -0.15) is 0 Å². The molecule has 0 unspecified atom stereocenters. The maximum Gasteiger partial charge on any atom is 0.248 e. The summed E-state index contributed by atoms with van der Waals surface area (Å²) in [6, 6.07) is 6.32. The van der Waals surface area contributed by atoms with Crippen LogP contribution < -0.4 is 5.32 Å². The molecule has 4 rings (SSSR count). The normalized spacial score (nSPS) is 22.9. The number of aromatic nitrogens is 1. The van der Waals surface area contributed by atoms with Crippen molar-refractivity contribution in [3.63, 3.8) is 0 Å². The first kappa shape index (κ1) is 23.3. The number of thiazole rings is 1. The number of nitrogens with one attached hydrogen (secondary N) is 1. The molecule has 10 heteroatoms. The van der Waals surface area contributed by atoms with Gasteiger partial charge in [0.25, 0.3) is 0 Å². The monoisotopic (exact) mass is 472 g/mol. The van der Waals surface area contributed by atoms with Crippen molar-refractivity contribution in [2.24, 2.45) is 0 Å². The molecule has 3 heterocycles. The molecule has 1 aromatic heterocycles. The molecule has 0 aliphatic carbocycles. The molecule has 9 nitrogen and oxygen atoms in total. The van der Waals surface area contributed by atoms with Crippen molar-refractivity contribution in [2.45, 2.75) is 45.0 Å². The fourth-order valence-electron chi connectivity index (χ4n) is 4.34. The number of benzene rings is 1. The fraction of sp³-hybridized carbons (Fsp3) is 0.478. The van der Waals surface area contributed by atoms with E-state index in [4.69, 9.17) is 4.74 Å². The number of amides is 3. The second-order valence-corrected chi connectivity index (χ2v) is 9.24. The Hall–Kier alpha value is -2.82. The third-order valence-electron chi connectivity index (χ3n) is 6.11. The second-order valence-electron chi connectivity index (χ2n) is 8.38. The van der Waals surface area contributed by atoms with Gasteiger partial charge in [0.15, 0.2) is 0 Å². The smallest absolute Gasteiger partial charge is 0.248 e. The Morgan fingerprint density at radius 2 is 1.97 bits per heavy atom. The molecule has 2 N–H and O–H groups in total.